The zero-order chi connectivity index (χ0) is 36.9. The maximum Gasteiger partial charge on any atom is 0.408 e. The Bertz CT molecular complexity index is 1870. The molecule has 0 unspecified atom stereocenters. The lowest BCUT2D eigenvalue weighted by Crippen LogP contribution is -2.47. The molecular weight excluding hydrogens is 653 g/mol. The average Bonchev–Trinajstić information content (AvgIpc) is 2.96. The molecule has 0 aliphatic heterocycles. The van der Waals surface area contributed by atoms with Crippen molar-refractivity contribution in [3.63, 3.8) is 0 Å². The number of halogens is 1. The van der Waals surface area contributed by atoms with Gasteiger partial charge < -0.3 is 19.5 Å². The Morgan fingerprint density at radius 1 is 1.00 bits per heavy atom. The number of esters is 1. The van der Waals surface area contributed by atoms with Gasteiger partial charge in [0.25, 0.3) is 5.56 Å². The number of nitrogens with zero attached hydrogens (tertiary/aromatic N) is 1. The summed E-state index contributed by atoms with van der Waals surface area (Å²) in [6.45, 7) is 13.8. The first-order valence-electron chi connectivity index (χ1n) is 15.6. The topological polar surface area (TPSA) is 142 Å². The number of carbonyl (C=O) groups is 2. The van der Waals surface area contributed by atoms with E-state index in [1.165, 1.54) is 0 Å². The third-order valence-corrected chi connectivity index (χ3v) is 7.71. The molecular formula is C36H46FN3O8S. The van der Waals surface area contributed by atoms with Crippen molar-refractivity contribution in [3.05, 3.63) is 81.5 Å². The zero-order valence-electron chi connectivity index (χ0n) is 29.6. The number of hydrogen-bond donors (Lipinski definition) is 2. The fourth-order valence-electron chi connectivity index (χ4n) is 4.83. The third kappa shape index (κ3) is 11.2. The fraction of sp³-hybridized carbons (Fsp3) is 0.417. The van der Waals surface area contributed by atoms with Gasteiger partial charge in [-0.2, -0.15) is 0 Å². The van der Waals surface area contributed by atoms with Gasteiger partial charge in [0.15, 0.2) is 6.73 Å². The molecule has 0 saturated heterocycles. The summed E-state index contributed by atoms with van der Waals surface area (Å²) in [6, 6.07) is 10.3. The maximum atomic E-state index is 15.1. The second-order valence-corrected chi connectivity index (χ2v) is 15.8. The number of methoxy groups -OCH3 is 1. The number of alkyl carbamates (subject to hydrolysis) is 1. The first-order valence-corrected chi connectivity index (χ1v) is 17.5. The van der Waals surface area contributed by atoms with Gasteiger partial charge in [-0.05, 0) is 73.6 Å². The monoisotopic (exact) mass is 699 g/mol. The number of pyridine rings is 1. The van der Waals surface area contributed by atoms with Crippen LogP contribution < -0.4 is 20.3 Å². The number of benzene rings is 2. The van der Waals surface area contributed by atoms with E-state index in [9.17, 15) is 22.8 Å². The number of hydrogen-bond acceptors (Lipinski definition) is 8. The molecule has 0 spiro atoms. The molecule has 11 nitrogen and oxygen atoms in total. The predicted molar refractivity (Wildman–Crippen MR) is 189 cm³/mol. The van der Waals surface area contributed by atoms with Crippen molar-refractivity contribution in [1.29, 1.82) is 0 Å². The molecule has 0 saturated carbocycles. The molecule has 49 heavy (non-hydrogen) atoms. The van der Waals surface area contributed by atoms with Gasteiger partial charge in [0.1, 0.15) is 23.2 Å². The van der Waals surface area contributed by atoms with Crippen LogP contribution in [0, 0.1) is 11.7 Å². The largest absolute Gasteiger partial charge is 0.496 e. The summed E-state index contributed by atoms with van der Waals surface area (Å²) < 4.78 is 58.0. The van der Waals surface area contributed by atoms with E-state index in [1.54, 1.807) is 90.3 Å². The average molecular weight is 700 g/mol. The Morgan fingerprint density at radius 2 is 1.63 bits per heavy atom. The summed E-state index contributed by atoms with van der Waals surface area (Å²) in [4.78, 5) is 39.0. The van der Waals surface area contributed by atoms with Gasteiger partial charge in [-0.3, -0.25) is 14.1 Å². The van der Waals surface area contributed by atoms with Crippen LogP contribution >= 0.6 is 0 Å². The first-order chi connectivity index (χ1) is 22.6. The first kappa shape index (κ1) is 38.8. The Balaban J connectivity index is 2.00. The second kappa shape index (κ2) is 15.3. The van der Waals surface area contributed by atoms with E-state index in [0.717, 1.165) is 34.2 Å². The van der Waals surface area contributed by atoms with Crippen LogP contribution in [0.2, 0.25) is 0 Å². The Labute approximate surface area is 287 Å². The molecule has 13 heteroatoms. The lowest BCUT2D eigenvalue weighted by molar-refractivity contribution is -0.151. The highest BCUT2D eigenvalue weighted by atomic mass is 32.2. The minimum Gasteiger partial charge on any atom is -0.496 e. The van der Waals surface area contributed by atoms with E-state index in [2.05, 4.69) is 10.0 Å². The van der Waals surface area contributed by atoms with Crippen LogP contribution in [0.5, 0.6) is 5.75 Å². The smallest absolute Gasteiger partial charge is 0.408 e. The van der Waals surface area contributed by atoms with Crippen molar-refractivity contribution in [2.75, 3.05) is 18.1 Å². The number of rotatable bonds is 11. The zero-order valence-corrected chi connectivity index (χ0v) is 30.5. The lowest BCUT2D eigenvalue weighted by atomic mass is 9.83. The van der Waals surface area contributed by atoms with Gasteiger partial charge in [-0.15, -0.1) is 0 Å². The predicted octanol–water partition coefficient (Wildman–Crippen LogP) is 6.55. The van der Waals surface area contributed by atoms with Crippen LogP contribution in [0.4, 0.5) is 14.9 Å². The molecule has 1 atom stereocenters. The van der Waals surface area contributed by atoms with Crippen LogP contribution in [0.15, 0.2) is 53.5 Å². The Hall–Kier alpha value is -4.65. The molecule has 0 fully saturated rings. The van der Waals surface area contributed by atoms with E-state index >= 15 is 4.39 Å². The normalized spacial score (nSPS) is 12.9. The number of sulfonamides is 1. The highest BCUT2D eigenvalue weighted by Gasteiger charge is 2.29. The van der Waals surface area contributed by atoms with Crippen molar-refractivity contribution in [1.82, 2.24) is 9.88 Å². The second-order valence-electron chi connectivity index (χ2n) is 14.0. The van der Waals surface area contributed by atoms with Gasteiger partial charge in [0.05, 0.1) is 18.9 Å². The van der Waals surface area contributed by atoms with Gasteiger partial charge in [0.2, 0.25) is 10.0 Å². The van der Waals surface area contributed by atoms with Crippen LogP contribution in [0.25, 0.3) is 23.3 Å². The van der Waals surface area contributed by atoms with Crippen molar-refractivity contribution in [3.8, 4) is 16.9 Å². The Morgan fingerprint density at radius 3 is 2.16 bits per heavy atom. The summed E-state index contributed by atoms with van der Waals surface area (Å²) in [6.07, 6.45) is 4.81. The molecule has 2 N–H and O–H groups in total. The Kier molecular flexibility index (Phi) is 12.1. The van der Waals surface area contributed by atoms with Crippen LogP contribution in [0.3, 0.4) is 0 Å². The molecule has 266 valence electrons. The molecule has 3 rings (SSSR count). The minimum atomic E-state index is -3.42. The highest BCUT2D eigenvalue weighted by molar-refractivity contribution is 7.92. The summed E-state index contributed by atoms with van der Waals surface area (Å²) in [5.74, 6) is -1.36. The number of carbonyl (C=O) groups excluding carboxylic acids is 2. The molecule has 1 amide bonds. The van der Waals surface area contributed by atoms with Crippen LogP contribution in [-0.2, 0) is 36.4 Å². The SMILES string of the molecule is COc1c(/C=C/c2ccc(NS(C)(=O)=O)cc2)cc(-c2cc(F)cn(COC(=O)[C@@H](NC(=O)OC(C)(C)C)C(C)C)c2=O)cc1C(C)(C)C. The fourth-order valence-corrected chi connectivity index (χ4v) is 5.40. The van der Waals surface area contributed by atoms with Gasteiger partial charge in [-0.1, -0.05) is 58.9 Å². The highest BCUT2D eigenvalue weighted by Crippen LogP contribution is 2.38. The van der Waals surface area contributed by atoms with Crippen LogP contribution in [-0.4, -0.2) is 50.1 Å². The maximum absolute atomic E-state index is 15.1. The minimum absolute atomic E-state index is 0.0299. The van der Waals surface area contributed by atoms with E-state index in [1.807, 2.05) is 20.8 Å². The van der Waals surface area contributed by atoms with Gasteiger partial charge in [0, 0.05) is 23.0 Å². The summed E-state index contributed by atoms with van der Waals surface area (Å²) in [5.41, 5.74) is 1.15. The number of amides is 1. The van der Waals surface area contributed by atoms with Crippen molar-refractivity contribution < 1.29 is 36.6 Å². The number of nitrogens with one attached hydrogen (secondary N) is 2. The van der Waals surface area contributed by atoms with E-state index < -0.39 is 57.3 Å². The van der Waals surface area contributed by atoms with Crippen LogP contribution in [0.1, 0.15) is 72.1 Å². The molecule has 0 aliphatic carbocycles. The number of aromatic nitrogens is 1. The summed E-state index contributed by atoms with van der Waals surface area (Å²) in [5, 5.41) is 2.50. The standard InChI is InChI=1S/C36H46FN3O8S/c1-22(2)30(38-34(43)48-36(6,7)8)33(42)47-21-40-20-26(37)19-28(32(40)41)25-17-24(31(46-9)29(18-25)35(3,4)5)14-11-23-12-15-27(16-13-23)39-49(10,44)45/h11-20,22,30,39H,21H2,1-10H3,(H,38,43)/b14-11+/t30-/m0/s1. The molecule has 3 aromatic rings. The molecule has 0 bridgehead atoms. The summed E-state index contributed by atoms with van der Waals surface area (Å²) in [7, 11) is -1.88. The van der Waals surface area contributed by atoms with E-state index in [0.29, 0.717) is 22.6 Å². The number of anilines is 1. The lowest BCUT2D eigenvalue weighted by Gasteiger charge is -2.25. The van der Waals surface area contributed by atoms with E-state index in [4.69, 9.17) is 14.2 Å². The van der Waals surface area contributed by atoms with Gasteiger partial charge in [-0.25, -0.2) is 22.4 Å². The van der Waals surface area contributed by atoms with Gasteiger partial charge >= 0.3 is 12.1 Å². The van der Waals surface area contributed by atoms with E-state index in [-0.39, 0.29) is 11.5 Å². The third-order valence-electron chi connectivity index (χ3n) is 7.10. The van der Waals surface area contributed by atoms with Crippen molar-refractivity contribution in [2.45, 2.75) is 79.2 Å². The summed E-state index contributed by atoms with van der Waals surface area (Å²) >= 11 is 0. The van der Waals surface area contributed by atoms with Crippen molar-refractivity contribution >= 4 is 39.9 Å². The molecule has 1 heterocycles. The molecule has 2 aromatic carbocycles. The van der Waals surface area contributed by atoms with Crippen molar-refractivity contribution in [2.24, 2.45) is 5.92 Å². The quantitative estimate of drug-likeness (QED) is 0.170. The molecule has 0 aliphatic rings. The molecule has 0 radical (unpaired) electrons. The number of ether oxygens (including phenoxy) is 3. The molecule has 1 aromatic heterocycles.